The van der Waals surface area contributed by atoms with Crippen LogP contribution in [0.25, 0.3) is 0 Å². The summed E-state index contributed by atoms with van der Waals surface area (Å²) in [5, 5.41) is 2.71. The largest absolute Gasteiger partial charge is 0.348 e. The summed E-state index contributed by atoms with van der Waals surface area (Å²) in [5.41, 5.74) is 0.712. The number of nitrogens with one attached hydrogen (secondary N) is 1. The predicted octanol–water partition coefficient (Wildman–Crippen LogP) is 1.59. The third kappa shape index (κ3) is 5.38. The van der Waals surface area contributed by atoms with E-state index in [1.54, 1.807) is 37.3 Å². The average Bonchev–Trinajstić information content (AvgIpc) is 2.61. The highest BCUT2D eigenvalue weighted by molar-refractivity contribution is 7.90. The summed E-state index contributed by atoms with van der Waals surface area (Å²) in [6.45, 7) is 1.40. The highest BCUT2D eigenvalue weighted by Gasteiger charge is 2.23. The number of sulfone groups is 1. The van der Waals surface area contributed by atoms with Gasteiger partial charge in [-0.25, -0.2) is 16.8 Å². The van der Waals surface area contributed by atoms with Crippen molar-refractivity contribution in [3.05, 3.63) is 60.2 Å². The lowest BCUT2D eigenvalue weighted by Gasteiger charge is -2.19. The Bertz CT molecular complexity index is 1000. The maximum Gasteiger partial charge on any atom is 0.243 e. The maximum absolute atomic E-state index is 12.4. The molecule has 2 aromatic rings. The Labute approximate surface area is 160 Å². The first-order chi connectivity index (χ1) is 12.5. The number of nitrogens with zero attached hydrogens (tertiary/aromatic N) is 1. The fraction of sp³-hybridized carbons (Fsp3) is 0.278. The Morgan fingerprint density at radius 3 is 2.04 bits per heavy atom. The molecule has 0 bridgehead atoms. The molecule has 1 N–H and O–H groups in total. The smallest absolute Gasteiger partial charge is 0.243 e. The van der Waals surface area contributed by atoms with Crippen LogP contribution in [0.5, 0.6) is 0 Å². The van der Waals surface area contributed by atoms with Gasteiger partial charge < -0.3 is 5.32 Å². The number of carbonyl (C=O) groups is 1. The molecule has 2 aromatic carbocycles. The van der Waals surface area contributed by atoms with E-state index in [0.717, 1.165) is 10.6 Å². The van der Waals surface area contributed by atoms with Crippen molar-refractivity contribution in [3.63, 3.8) is 0 Å². The molecule has 1 atom stereocenters. The number of likely N-dealkylation sites (N-methyl/N-ethyl adjacent to an activating group) is 1. The standard InChI is InChI=1S/C18H22N2O5S2/c1-14(15-9-11-16(12-10-15)26(3,22)23)19-18(21)13-20(2)27(24,25)17-7-5-4-6-8-17/h4-12,14H,13H2,1-3H3,(H,19,21). The van der Waals surface area contributed by atoms with E-state index >= 15 is 0 Å². The normalized spacial score (nSPS) is 13.3. The summed E-state index contributed by atoms with van der Waals surface area (Å²) in [6, 6.07) is 13.6. The first-order valence-corrected chi connectivity index (χ1v) is 11.5. The summed E-state index contributed by atoms with van der Waals surface area (Å²) < 4.78 is 48.9. The topological polar surface area (TPSA) is 101 Å². The number of carbonyl (C=O) groups excluding carboxylic acids is 1. The van der Waals surface area contributed by atoms with Crippen LogP contribution < -0.4 is 5.32 Å². The van der Waals surface area contributed by atoms with Crippen molar-refractivity contribution in [2.24, 2.45) is 0 Å². The van der Waals surface area contributed by atoms with E-state index in [4.69, 9.17) is 0 Å². The number of sulfonamides is 1. The van der Waals surface area contributed by atoms with E-state index in [1.165, 1.54) is 31.3 Å². The highest BCUT2D eigenvalue weighted by atomic mass is 32.2. The highest BCUT2D eigenvalue weighted by Crippen LogP contribution is 2.17. The fourth-order valence-corrected chi connectivity index (χ4v) is 4.21. The van der Waals surface area contributed by atoms with E-state index in [9.17, 15) is 21.6 Å². The van der Waals surface area contributed by atoms with Crippen molar-refractivity contribution in [1.29, 1.82) is 0 Å². The van der Waals surface area contributed by atoms with Crippen LogP contribution in [0.3, 0.4) is 0 Å². The SMILES string of the molecule is CC(NC(=O)CN(C)S(=O)(=O)c1ccccc1)c1ccc(S(C)(=O)=O)cc1. The zero-order chi connectivity index (χ0) is 20.2. The van der Waals surface area contributed by atoms with Gasteiger partial charge in [0, 0.05) is 13.3 Å². The van der Waals surface area contributed by atoms with Crippen molar-refractivity contribution in [2.45, 2.75) is 22.8 Å². The minimum absolute atomic E-state index is 0.115. The Balaban J connectivity index is 2.02. The third-order valence-corrected chi connectivity index (χ3v) is 6.95. The molecular formula is C18H22N2O5S2. The minimum Gasteiger partial charge on any atom is -0.348 e. The van der Waals surface area contributed by atoms with E-state index in [-0.39, 0.29) is 16.3 Å². The van der Waals surface area contributed by atoms with Crippen LogP contribution in [0.2, 0.25) is 0 Å². The van der Waals surface area contributed by atoms with Gasteiger partial charge in [0.2, 0.25) is 15.9 Å². The van der Waals surface area contributed by atoms with Crippen molar-refractivity contribution in [1.82, 2.24) is 9.62 Å². The summed E-state index contributed by atoms with van der Waals surface area (Å²) in [7, 11) is -5.70. The molecule has 0 aliphatic carbocycles. The minimum atomic E-state index is -3.75. The van der Waals surface area contributed by atoms with Gasteiger partial charge in [-0.2, -0.15) is 4.31 Å². The number of rotatable bonds is 7. The molecule has 0 fully saturated rings. The van der Waals surface area contributed by atoms with Crippen molar-refractivity contribution >= 4 is 25.8 Å². The van der Waals surface area contributed by atoms with Crippen LogP contribution in [-0.2, 0) is 24.7 Å². The Hall–Kier alpha value is -2.23. The summed E-state index contributed by atoms with van der Waals surface area (Å²) >= 11 is 0. The van der Waals surface area contributed by atoms with Gasteiger partial charge in [-0.15, -0.1) is 0 Å². The summed E-state index contributed by atoms with van der Waals surface area (Å²) in [4.78, 5) is 12.5. The van der Waals surface area contributed by atoms with Crippen LogP contribution >= 0.6 is 0 Å². The van der Waals surface area contributed by atoms with E-state index < -0.39 is 31.8 Å². The molecular weight excluding hydrogens is 388 g/mol. The third-order valence-electron chi connectivity index (χ3n) is 4.00. The van der Waals surface area contributed by atoms with Crippen LogP contribution in [0.15, 0.2) is 64.4 Å². The molecule has 0 aromatic heterocycles. The lowest BCUT2D eigenvalue weighted by Crippen LogP contribution is -2.39. The first kappa shape index (κ1) is 21.1. The van der Waals surface area contributed by atoms with Gasteiger partial charge in [0.1, 0.15) is 0 Å². The molecule has 0 saturated carbocycles. The zero-order valence-electron chi connectivity index (χ0n) is 15.3. The van der Waals surface area contributed by atoms with Gasteiger partial charge in [0.15, 0.2) is 9.84 Å². The molecule has 146 valence electrons. The van der Waals surface area contributed by atoms with Crippen LogP contribution in [0, 0.1) is 0 Å². The van der Waals surface area contributed by atoms with Gasteiger partial charge in [0.05, 0.1) is 22.4 Å². The molecule has 0 heterocycles. The predicted molar refractivity (Wildman–Crippen MR) is 102 cm³/mol. The Morgan fingerprint density at radius 1 is 0.963 bits per heavy atom. The van der Waals surface area contributed by atoms with Crippen molar-refractivity contribution in [3.8, 4) is 0 Å². The summed E-state index contributed by atoms with van der Waals surface area (Å²) in [5.74, 6) is -0.461. The van der Waals surface area contributed by atoms with Crippen LogP contribution in [0.4, 0.5) is 0 Å². The second-order valence-electron chi connectivity index (χ2n) is 6.20. The lowest BCUT2D eigenvalue weighted by molar-refractivity contribution is -0.121. The maximum atomic E-state index is 12.4. The Kier molecular flexibility index (Phi) is 6.40. The molecule has 9 heteroatoms. The molecule has 0 saturated heterocycles. The van der Waals surface area contributed by atoms with Crippen LogP contribution in [-0.4, -0.2) is 46.9 Å². The molecule has 0 radical (unpaired) electrons. The lowest BCUT2D eigenvalue weighted by atomic mass is 10.1. The second-order valence-corrected chi connectivity index (χ2v) is 10.3. The molecule has 0 aliphatic rings. The van der Waals surface area contributed by atoms with Gasteiger partial charge in [-0.3, -0.25) is 4.79 Å². The van der Waals surface area contributed by atoms with E-state index in [1.807, 2.05) is 0 Å². The molecule has 0 aliphatic heterocycles. The quantitative estimate of drug-likeness (QED) is 0.747. The van der Waals surface area contributed by atoms with Gasteiger partial charge in [-0.05, 0) is 36.8 Å². The zero-order valence-corrected chi connectivity index (χ0v) is 16.9. The Morgan fingerprint density at radius 2 is 1.52 bits per heavy atom. The van der Waals surface area contributed by atoms with Crippen molar-refractivity contribution in [2.75, 3.05) is 19.8 Å². The average molecular weight is 411 g/mol. The monoisotopic (exact) mass is 410 g/mol. The van der Waals surface area contributed by atoms with Gasteiger partial charge in [0.25, 0.3) is 0 Å². The molecule has 2 rings (SSSR count). The number of amides is 1. The molecule has 1 unspecified atom stereocenters. The molecule has 1 amide bonds. The summed E-state index contributed by atoms with van der Waals surface area (Å²) in [6.07, 6.45) is 1.12. The van der Waals surface area contributed by atoms with E-state index in [0.29, 0.717) is 5.56 Å². The van der Waals surface area contributed by atoms with Crippen molar-refractivity contribution < 1.29 is 21.6 Å². The van der Waals surface area contributed by atoms with E-state index in [2.05, 4.69) is 5.32 Å². The van der Waals surface area contributed by atoms with Crippen LogP contribution in [0.1, 0.15) is 18.5 Å². The van der Waals surface area contributed by atoms with Gasteiger partial charge in [-0.1, -0.05) is 30.3 Å². The number of benzene rings is 2. The number of hydrogen-bond donors (Lipinski definition) is 1. The molecule has 7 nitrogen and oxygen atoms in total. The molecule has 27 heavy (non-hydrogen) atoms. The number of hydrogen-bond acceptors (Lipinski definition) is 5. The fourth-order valence-electron chi connectivity index (χ4n) is 2.43. The first-order valence-electron chi connectivity index (χ1n) is 8.12. The molecule has 0 spiro atoms. The van der Waals surface area contributed by atoms with Gasteiger partial charge >= 0.3 is 0 Å². The second kappa shape index (κ2) is 8.20.